The van der Waals surface area contributed by atoms with Crippen LogP contribution in [0.15, 0.2) is 48.5 Å². The van der Waals surface area contributed by atoms with Gasteiger partial charge in [0.25, 0.3) is 5.91 Å². The average molecular weight is 255 g/mol. The molecule has 0 fully saturated rings. The minimum Gasteiger partial charge on any atom is -0.497 e. The lowest BCUT2D eigenvalue weighted by atomic mass is 10.0. The maximum Gasteiger partial charge on any atom is 0.253 e. The van der Waals surface area contributed by atoms with Crippen LogP contribution in [0.1, 0.15) is 10.4 Å². The molecule has 0 aliphatic heterocycles. The predicted molar refractivity (Wildman–Crippen MR) is 76.4 cm³/mol. The zero-order valence-electron chi connectivity index (χ0n) is 11.4. The Balaban J connectivity index is 2.24. The largest absolute Gasteiger partial charge is 0.497 e. The first-order valence-electron chi connectivity index (χ1n) is 6.08. The van der Waals surface area contributed by atoms with Gasteiger partial charge in [0.05, 0.1) is 7.11 Å². The quantitative estimate of drug-likeness (QED) is 0.843. The van der Waals surface area contributed by atoms with Crippen molar-refractivity contribution >= 4 is 5.91 Å². The van der Waals surface area contributed by atoms with Crippen molar-refractivity contribution in [3.63, 3.8) is 0 Å². The van der Waals surface area contributed by atoms with E-state index in [1.54, 1.807) is 26.1 Å². The second-order valence-electron chi connectivity index (χ2n) is 4.51. The summed E-state index contributed by atoms with van der Waals surface area (Å²) in [6, 6.07) is 15.5. The number of nitrogens with zero attached hydrogens (tertiary/aromatic N) is 1. The molecule has 3 heteroatoms. The number of rotatable bonds is 3. The van der Waals surface area contributed by atoms with Crippen LogP contribution in [0.4, 0.5) is 0 Å². The van der Waals surface area contributed by atoms with Crippen molar-refractivity contribution in [1.82, 2.24) is 4.90 Å². The Morgan fingerprint density at radius 3 is 1.79 bits per heavy atom. The molecule has 0 heterocycles. The Kier molecular flexibility index (Phi) is 3.85. The van der Waals surface area contributed by atoms with Crippen molar-refractivity contribution in [2.24, 2.45) is 0 Å². The number of benzene rings is 2. The zero-order chi connectivity index (χ0) is 13.8. The number of hydrogen-bond acceptors (Lipinski definition) is 2. The lowest BCUT2D eigenvalue weighted by Crippen LogP contribution is -2.21. The van der Waals surface area contributed by atoms with E-state index in [-0.39, 0.29) is 5.91 Å². The molecule has 1 amide bonds. The first-order valence-corrected chi connectivity index (χ1v) is 6.08. The highest BCUT2D eigenvalue weighted by Crippen LogP contribution is 2.22. The van der Waals surface area contributed by atoms with Crippen molar-refractivity contribution in [3.8, 4) is 16.9 Å². The van der Waals surface area contributed by atoms with Gasteiger partial charge in [-0.05, 0) is 35.4 Å². The van der Waals surface area contributed by atoms with Crippen LogP contribution in [0.25, 0.3) is 11.1 Å². The molecule has 2 aromatic rings. The van der Waals surface area contributed by atoms with E-state index in [1.165, 1.54) is 0 Å². The average Bonchev–Trinajstić information content (AvgIpc) is 2.46. The standard InChI is InChI=1S/C16H17NO2/c1-17(2)16(18)14-6-4-12(5-7-14)13-8-10-15(19-3)11-9-13/h4-11H,1-3H3. The van der Waals surface area contributed by atoms with E-state index in [2.05, 4.69) is 0 Å². The summed E-state index contributed by atoms with van der Waals surface area (Å²) in [5.74, 6) is 0.851. The van der Waals surface area contributed by atoms with Crippen LogP contribution in [0.5, 0.6) is 5.75 Å². The second kappa shape index (κ2) is 5.57. The third-order valence-corrected chi connectivity index (χ3v) is 2.96. The first-order chi connectivity index (χ1) is 9.11. The molecular weight excluding hydrogens is 238 g/mol. The monoisotopic (exact) mass is 255 g/mol. The second-order valence-corrected chi connectivity index (χ2v) is 4.51. The van der Waals surface area contributed by atoms with Gasteiger partial charge in [0, 0.05) is 19.7 Å². The van der Waals surface area contributed by atoms with E-state index in [4.69, 9.17) is 4.74 Å². The molecule has 19 heavy (non-hydrogen) atoms. The Labute approximate surface area is 113 Å². The van der Waals surface area contributed by atoms with Crippen molar-refractivity contribution in [1.29, 1.82) is 0 Å². The molecule has 0 aromatic heterocycles. The fourth-order valence-electron chi connectivity index (χ4n) is 1.85. The highest BCUT2D eigenvalue weighted by atomic mass is 16.5. The molecule has 0 saturated carbocycles. The Bertz CT molecular complexity index is 556. The normalized spacial score (nSPS) is 10.1. The van der Waals surface area contributed by atoms with E-state index in [0.29, 0.717) is 5.56 Å². The van der Waals surface area contributed by atoms with E-state index in [0.717, 1.165) is 16.9 Å². The highest BCUT2D eigenvalue weighted by Gasteiger charge is 2.07. The number of carbonyl (C=O) groups is 1. The summed E-state index contributed by atoms with van der Waals surface area (Å²) in [6.45, 7) is 0. The van der Waals surface area contributed by atoms with Gasteiger partial charge in [-0.2, -0.15) is 0 Å². The van der Waals surface area contributed by atoms with Gasteiger partial charge in [0.1, 0.15) is 5.75 Å². The van der Waals surface area contributed by atoms with Gasteiger partial charge in [-0.15, -0.1) is 0 Å². The summed E-state index contributed by atoms with van der Waals surface area (Å²) in [4.78, 5) is 13.4. The van der Waals surface area contributed by atoms with E-state index in [9.17, 15) is 4.79 Å². The molecule has 0 radical (unpaired) electrons. The fourth-order valence-corrected chi connectivity index (χ4v) is 1.85. The molecule has 0 N–H and O–H groups in total. The van der Waals surface area contributed by atoms with Gasteiger partial charge in [-0.25, -0.2) is 0 Å². The number of ether oxygens (including phenoxy) is 1. The lowest BCUT2D eigenvalue weighted by molar-refractivity contribution is 0.0827. The third kappa shape index (κ3) is 2.94. The molecule has 0 saturated heterocycles. The summed E-state index contributed by atoms with van der Waals surface area (Å²) in [5, 5.41) is 0. The minimum absolute atomic E-state index is 0.0151. The number of amides is 1. The number of hydrogen-bond donors (Lipinski definition) is 0. The smallest absolute Gasteiger partial charge is 0.253 e. The Morgan fingerprint density at radius 1 is 0.895 bits per heavy atom. The molecule has 2 rings (SSSR count). The summed E-state index contributed by atoms with van der Waals surface area (Å²) in [7, 11) is 5.15. The van der Waals surface area contributed by atoms with Gasteiger partial charge in [-0.1, -0.05) is 24.3 Å². The van der Waals surface area contributed by atoms with Crippen LogP contribution in [0.2, 0.25) is 0 Å². The predicted octanol–water partition coefficient (Wildman–Crippen LogP) is 3.06. The van der Waals surface area contributed by atoms with Crippen LogP contribution in [0, 0.1) is 0 Å². The van der Waals surface area contributed by atoms with E-state index in [1.807, 2.05) is 48.5 Å². The molecule has 98 valence electrons. The van der Waals surface area contributed by atoms with Crippen LogP contribution >= 0.6 is 0 Å². The SMILES string of the molecule is COc1ccc(-c2ccc(C(=O)N(C)C)cc2)cc1. The van der Waals surface area contributed by atoms with Gasteiger partial charge in [-0.3, -0.25) is 4.79 Å². The zero-order valence-corrected chi connectivity index (χ0v) is 11.4. The topological polar surface area (TPSA) is 29.5 Å². The Morgan fingerprint density at radius 2 is 1.37 bits per heavy atom. The van der Waals surface area contributed by atoms with Crippen molar-refractivity contribution < 1.29 is 9.53 Å². The lowest BCUT2D eigenvalue weighted by Gasteiger charge is -2.10. The summed E-state index contributed by atoms with van der Waals surface area (Å²) >= 11 is 0. The van der Waals surface area contributed by atoms with Gasteiger partial charge in [0.15, 0.2) is 0 Å². The number of carbonyl (C=O) groups excluding carboxylic acids is 1. The first kappa shape index (κ1) is 13.1. The molecule has 0 unspecified atom stereocenters. The molecule has 2 aromatic carbocycles. The van der Waals surface area contributed by atoms with Crippen LogP contribution in [-0.2, 0) is 0 Å². The highest BCUT2D eigenvalue weighted by molar-refractivity contribution is 5.94. The molecular formula is C16H17NO2. The minimum atomic E-state index is 0.0151. The fraction of sp³-hybridized carbons (Fsp3) is 0.188. The van der Waals surface area contributed by atoms with Crippen molar-refractivity contribution in [2.45, 2.75) is 0 Å². The molecule has 0 bridgehead atoms. The third-order valence-electron chi connectivity index (χ3n) is 2.96. The summed E-state index contributed by atoms with van der Waals surface area (Å²) in [5.41, 5.74) is 2.88. The molecule has 3 nitrogen and oxygen atoms in total. The van der Waals surface area contributed by atoms with E-state index >= 15 is 0 Å². The number of methoxy groups -OCH3 is 1. The molecule has 0 spiro atoms. The maximum atomic E-state index is 11.8. The van der Waals surface area contributed by atoms with Gasteiger partial charge >= 0.3 is 0 Å². The maximum absolute atomic E-state index is 11.8. The Hall–Kier alpha value is -2.29. The van der Waals surface area contributed by atoms with Gasteiger partial charge < -0.3 is 9.64 Å². The van der Waals surface area contributed by atoms with Crippen LogP contribution < -0.4 is 4.74 Å². The molecule has 0 aliphatic rings. The summed E-state index contributed by atoms with van der Waals surface area (Å²) in [6.07, 6.45) is 0. The van der Waals surface area contributed by atoms with E-state index < -0.39 is 0 Å². The van der Waals surface area contributed by atoms with Crippen molar-refractivity contribution in [3.05, 3.63) is 54.1 Å². The van der Waals surface area contributed by atoms with Gasteiger partial charge in [0.2, 0.25) is 0 Å². The van der Waals surface area contributed by atoms with Crippen LogP contribution in [-0.4, -0.2) is 32.0 Å². The van der Waals surface area contributed by atoms with Crippen LogP contribution in [0.3, 0.4) is 0 Å². The molecule has 0 atom stereocenters. The summed E-state index contributed by atoms with van der Waals surface area (Å²) < 4.78 is 5.13. The van der Waals surface area contributed by atoms with Crippen molar-refractivity contribution in [2.75, 3.05) is 21.2 Å². The molecule has 0 aliphatic carbocycles.